The van der Waals surface area contributed by atoms with Gasteiger partial charge in [0.05, 0.1) is 11.1 Å². The summed E-state index contributed by atoms with van der Waals surface area (Å²) in [4.78, 5) is 10.1. The lowest BCUT2D eigenvalue weighted by Crippen LogP contribution is -1.90. The maximum Gasteiger partial charge on any atom is 0.137 e. The number of rotatable bonds is 4. The van der Waals surface area contributed by atoms with E-state index in [0.717, 1.165) is 38.0 Å². The Morgan fingerprint density at radius 1 is 1.08 bits per heavy atom. The van der Waals surface area contributed by atoms with Crippen LogP contribution < -0.4 is 0 Å². The number of nitrogens with zero attached hydrogens (tertiary/aromatic N) is 3. The number of benzene rings is 1. The Labute approximate surface area is 160 Å². The van der Waals surface area contributed by atoms with Crippen molar-refractivity contribution >= 4 is 33.3 Å². The molecule has 4 rings (SSSR count). The van der Waals surface area contributed by atoms with Crippen molar-refractivity contribution in [3.05, 3.63) is 58.1 Å². The van der Waals surface area contributed by atoms with Crippen LogP contribution in [0.4, 0.5) is 0 Å². The van der Waals surface area contributed by atoms with Gasteiger partial charge in [0.2, 0.25) is 0 Å². The zero-order chi connectivity index (χ0) is 18.3. The molecule has 132 valence electrons. The summed E-state index contributed by atoms with van der Waals surface area (Å²) in [7, 11) is 0. The van der Waals surface area contributed by atoms with Crippen molar-refractivity contribution in [2.24, 2.45) is 0 Å². The second-order valence-electron chi connectivity index (χ2n) is 6.40. The van der Waals surface area contributed by atoms with Crippen molar-refractivity contribution < 1.29 is 4.52 Å². The van der Waals surface area contributed by atoms with Crippen molar-refractivity contribution in [3.8, 4) is 11.1 Å². The Hall–Kier alpha value is -2.18. The van der Waals surface area contributed by atoms with E-state index in [1.54, 1.807) is 29.4 Å². The van der Waals surface area contributed by atoms with E-state index in [1.807, 2.05) is 13.8 Å². The Morgan fingerprint density at radius 2 is 1.92 bits per heavy atom. The minimum absolute atomic E-state index is 0.787. The van der Waals surface area contributed by atoms with Crippen LogP contribution in [0.3, 0.4) is 0 Å². The van der Waals surface area contributed by atoms with Crippen LogP contribution in [0.15, 0.2) is 39.5 Å². The highest BCUT2D eigenvalue weighted by Gasteiger charge is 2.16. The topological polar surface area (TPSA) is 51.8 Å². The lowest BCUT2D eigenvalue weighted by molar-refractivity contribution is 0.392. The lowest BCUT2D eigenvalue weighted by atomic mass is 10.0. The molecule has 3 heterocycles. The van der Waals surface area contributed by atoms with Crippen LogP contribution in [-0.4, -0.2) is 15.1 Å². The Bertz CT molecular complexity index is 1080. The van der Waals surface area contributed by atoms with Gasteiger partial charge in [0, 0.05) is 22.3 Å². The first kappa shape index (κ1) is 17.2. The number of hydrogen-bond acceptors (Lipinski definition) is 6. The van der Waals surface area contributed by atoms with Crippen molar-refractivity contribution in [1.29, 1.82) is 0 Å². The van der Waals surface area contributed by atoms with Gasteiger partial charge in [0.25, 0.3) is 0 Å². The summed E-state index contributed by atoms with van der Waals surface area (Å²) in [5, 5.41) is 8.37. The Balaban J connectivity index is 1.76. The molecule has 0 radical (unpaired) electrons. The van der Waals surface area contributed by atoms with Gasteiger partial charge in [-0.2, -0.15) is 0 Å². The smallest absolute Gasteiger partial charge is 0.137 e. The molecule has 0 bridgehead atoms. The maximum absolute atomic E-state index is 5.28. The summed E-state index contributed by atoms with van der Waals surface area (Å²) in [6, 6.07) is 6.60. The second kappa shape index (κ2) is 6.85. The predicted octanol–water partition coefficient (Wildman–Crippen LogP) is 5.87. The molecule has 0 saturated carbocycles. The predicted molar refractivity (Wildman–Crippen MR) is 108 cm³/mol. The maximum atomic E-state index is 5.28. The third-order valence-corrected chi connectivity index (χ3v) is 6.59. The fraction of sp³-hybridized carbons (Fsp3) is 0.250. The summed E-state index contributed by atoms with van der Waals surface area (Å²) in [6.45, 7) is 8.22. The largest absolute Gasteiger partial charge is 0.361 e. The van der Waals surface area contributed by atoms with Crippen LogP contribution in [0, 0.1) is 27.7 Å². The van der Waals surface area contributed by atoms with Gasteiger partial charge in [-0.25, -0.2) is 9.97 Å². The molecular formula is C20H19N3OS2. The van der Waals surface area contributed by atoms with Crippen molar-refractivity contribution in [2.45, 2.75) is 38.5 Å². The first-order chi connectivity index (χ1) is 12.5. The van der Waals surface area contributed by atoms with E-state index in [4.69, 9.17) is 4.52 Å². The molecule has 0 aliphatic carbocycles. The molecule has 0 spiro atoms. The summed E-state index contributed by atoms with van der Waals surface area (Å²) in [5.41, 5.74) is 7.11. The zero-order valence-corrected chi connectivity index (χ0v) is 16.8. The van der Waals surface area contributed by atoms with Crippen molar-refractivity contribution in [3.63, 3.8) is 0 Å². The summed E-state index contributed by atoms with van der Waals surface area (Å²) in [5.74, 6) is 1.66. The van der Waals surface area contributed by atoms with E-state index < -0.39 is 0 Å². The molecule has 0 unspecified atom stereocenters. The molecule has 0 saturated heterocycles. The molecule has 0 N–H and O–H groups in total. The highest BCUT2D eigenvalue weighted by atomic mass is 32.2. The van der Waals surface area contributed by atoms with E-state index in [9.17, 15) is 0 Å². The second-order valence-corrected chi connectivity index (χ2v) is 8.22. The molecular weight excluding hydrogens is 362 g/mol. The van der Waals surface area contributed by atoms with Gasteiger partial charge in [-0.15, -0.1) is 23.1 Å². The lowest BCUT2D eigenvalue weighted by Gasteiger charge is -2.07. The average Bonchev–Trinajstić information content (AvgIpc) is 3.20. The molecule has 0 atom stereocenters. The van der Waals surface area contributed by atoms with Crippen LogP contribution in [0.25, 0.3) is 21.3 Å². The van der Waals surface area contributed by atoms with Gasteiger partial charge in [-0.05, 0) is 44.4 Å². The first-order valence-electron chi connectivity index (χ1n) is 8.39. The highest BCUT2D eigenvalue weighted by molar-refractivity contribution is 7.98. The van der Waals surface area contributed by atoms with Crippen LogP contribution >= 0.6 is 23.1 Å². The SMILES string of the molecule is Cc1ccc(-c2csc3ncnc(SCc4c(C)noc4C)c23)cc1C. The molecule has 1 aromatic carbocycles. The highest BCUT2D eigenvalue weighted by Crippen LogP contribution is 2.39. The molecule has 0 aliphatic heterocycles. The van der Waals surface area contributed by atoms with Crippen LogP contribution in [0.1, 0.15) is 28.1 Å². The van der Waals surface area contributed by atoms with Gasteiger partial charge in [-0.3, -0.25) is 0 Å². The monoisotopic (exact) mass is 381 g/mol. The third kappa shape index (κ3) is 3.04. The molecule has 26 heavy (non-hydrogen) atoms. The molecule has 0 aliphatic rings. The molecule has 3 aromatic heterocycles. The number of thioether (sulfide) groups is 1. The van der Waals surface area contributed by atoms with Gasteiger partial charge in [0.15, 0.2) is 0 Å². The van der Waals surface area contributed by atoms with E-state index >= 15 is 0 Å². The molecule has 4 aromatic rings. The fourth-order valence-electron chi connectivity index (χ4n) is 2.93. The number of fused-ring (bicyclic) bond motifs is 1. The van der Waals surface area contributed by atoms with Gasteiger partial charge in [0.1, 0.15) is 21.9 Å². The number of thiophene rings is 1. The Kier molecular flexibility index (Phi) is 4.54. The summed E-state index contributed by atoms with van der Waals surface area (Å²) < 4.78 is 5.28. The number of aryl methyl sites for hydroxylation is 4. The first-order valence-corrected chi connectivity index (χ1v) is 10.3. The van der Waals surface area contributed by atoms with Crippen LogP contribution in [0.5, 0.6) is 0 Å². The van der Waals surface area contributed by atoms with E-state index in [0.29, 0.717) is 0 Å². The Morgan fingerprint density at radius 3 is 2.65 bits per heavy atom. The van der Waals surface area contributed by atoms with Gasteiger partial charge >= 0.3 is 0 Å². The fourth-order valence-corrected chi connectivity index (χ4v) is 5.07. The average molecular weight is 382 g/mol. The van der Waals surface area contributed by atoms with E-state index in [-0.39, 0.29) is 0 Å². The van der Waals surface area contributed by atoms with Crippen molar-refractivity contribution in [1.82, 2.24) is 15.1 Å². The minimum atomic E-state index is 0.787. The zero-order valence-electron chi connectivity index (χ0n) is 15.2. The van der Waals surface area contributed by atoms with Crippen molar-refractivity contribution in [2.75, 3.05) is 0 Å². The number of hydrogen-bond donors (Lipinski definition) is 0. The third-order valence-electron chi connectivity index (χ3n) is 4.69. The normalized spacial score (nSPS) is 11.4. The van der Waals surface area contributed by atoms with E-state index in [2.05, 4.69) is 52.6 Å². The standard InChI is InChI=1S/C20H19N3OS2/c1-11-5-6-15(7-12(11)2)17-9-26-20-18(17)19(21-10-22-20)25-8-16-13(3)23-24-14(16)4/h5-7,9-10H,8H2,1-4H3. The van der Waals surface area contributed by atoms with Gasteiger partial charge < -0.3 is 4.52 Å². The molecule has 0 fully saturated rings. The molecule has 4 nitrogen and oxygen atoms in total. The summed E-state index contributed by atoms with van der Waals surface area (Å²) in [6.07, 6.45) is 1.65. The minimum Gasteiger partial charge on any atom is -0.361 e. The number of aromatic nitrogens is 3. The molecule has 6 heteroatoms. The van der Waals surface area contributed by atoms with Crippen LogP contribution in [0.2, 0.25) is 0 Å². The van der Waals surface area contributed by atoms with E-state index in [1.165, 1.54) is 22.3 Å². The summed E-state index contributed by atoms with van der Waals surface area (Å²) >= 11 is 3.38. The van der Waals surface area contributed by atoms with Gasteiger partial charge in [-0.1, -0.05) is 23.4 Å². The quantitative estimate of drug-likeness (QED) is 0.327. The molecule has 0 amide bonds. The van der Waals surface area contributed by atoms with Crippen LogP contribution in [-0.2, 0) is 5.75 Å².